The number of rotatable bonds is 6. The minimum Gasteiger partial charge on any atom is -0.386 e. The number of allylic oxidation sites excluding steroid dienone is 3. The van der Waals surface area contributed by atoms with Gasteiger partial charge in [-0.25, -0.2) is 0 Å². The van der Waals surface area contributed by atoms with Gasteiger partial charge in [-0.05, 0) is 37.3 Å². The Balaban J connectivity index is 0. The van der Waals surface area contributed by atoms with Crippen molar-refractivity contribution in [1.29, 1.82) is 5.41 Å². The van der Waals surface area contributed by atoms with Gasteiger partial charge in [-0.15, -0.1) is 11.8 Å². The van der Waals surface area contributed by atoms with E-state index in [4.69, 9.17) is 15.9 Å². The highest BCUT2D eigenvalue weighted by molar-refractivity contribution is 8.01. The summed E-state index contributed by atoms with van der Waals surface area (Å²) in [6, 6.07) is 4.99. The van der Waals surface area contributed by atoms with Crippen LogP contribution in [0.3, 0.4) is 0 Å². The Bertz CT molecular complexity index is 806. The number of amidine groups is 1. The predicted octanol–water partition coefficient (Wildman–Crippen LogP) is 5.86. The number of carbonyl (C=O) groups is 1. The van der Waals surface area contributed by atoms with Gasteiger partial charge in [-0.1, -0.05) is 62.9 Å². The first kappa shape index (κ1) is 32.5. The molecule has 9 heteroatoms. The summed E-state index contributed by atoms with van der Waals surface area (Å²) in [4.78, 5) is 15.2. The van der Waals surface area contributed by atoms with Gasteiger partial charge < -0.3 is 15.9 Å². The molecule has 184 valence electrons. The van der Waals surface area contributed by atoms with E-state index in [9.17, 15) is 18.0 Å². The number of hydrogen-bond acceptors (Lipinski definition) is 5. The van der Waals surface area contributed by atoms with Crippen molar-refractivity contribution < 1.29 is 22.7 Å². The third kappa shape index (κ3) is 14.2. The second-order valence-electron chi connectivity index (χ2n) is 6.03. The fourth-order valence-electron chi connectivity index (χ4n) is 2.32. The van der Waals surface area contributed by atoms with Crippen LogP contribution in [0, 0.1) is 5.41 Å². The summed E-state index contributed by atoms with van der Waals surface area (Å²) in [5.74, 6) is 0.302. The summed E-state index contributed by atoms with van der Waals surface area (Å²) in [5.41, 5.74) is 6.35. The number of benzene rings is 1. The quantitative estimate of drug-likeness (QED) is 0.390. The van der Waals surface area contributed by atoms with Crippen molar-refractivity contribution in [3.63, 3.8) is 0 Å². The van der Waals surface area contributed by atoms with E-state index in [2.05, 4.69) is 18.3 Å². The summed E-state index contributed by atoms with van der Waals surface area (Å²) in [7, 11) is 1.69. The molecule has 1 heterocycles. The van der Waals surface area contributed by atoms with Crippen LogP contribution < -0.4 is 5.73 Å². The van der Waals surface area contributed by atoms with Crippen LogP contribution in [0.2, 0.25) is 0 Å². The molecule has 5 nitrogen and oxygen atoms in total. The zero-order valence-corrected chi connectivity index (χ0v) is 20.4. The van der Waals surface area contributed by atoms with Gasteiger partial charge in [-0.3, -0.25) is 4.79 Å². The van der Waals surface area contributed by atoms with Crippen molar-refractivity contribution in [3.8, 4) is 0 Å². The molecule has 0 bridgehead atoms. The standard InChI is InChI=1S/C12H11F3N2OS.C9H14O.C2H6.CH3N/c13-12(14,15)8-3-1-2-7(4-8)5-9-11(18)17-10(16)6-19-9;1-4-6-7-9(5-2)8-10-3;2*1-2/h1-4,9H,5-6H2,(H2,16,17,18);4-7H,1,8H2,2-3H3;1-2H3;2H,1H2/b;7-6-,9-5+;;. The number of thioether (sulfide) groups is 1. The maximum atomic E-state index is 12.6. The Hall–Kier alpha value is -2.65. The number of ether oxygens (including phenoxy) is 1. The Morgan fingerprint density at radius 3 is 2.48 bits per heavy atom. The molecule has 3 N–H and O–H groups in total. The average Bonchev–Trinajstić information content (AvgIpc) is 2.81. The van der Waals surface area contributed by atoms with E-state index >= 15 is 0 Å². The highest BCUT2D eigenvalue weighted by Gasteiger charge is 2.31. The SMILES string of the molecule is C=C/C=C\C(=C/C)COC.C=N.CC.NC1=NC(=O)C(Cc2cccc(C(F)(F)F)c2)SC1. The lowest BCUT2D eigenvalue weighted by molar-refractivity contribution is -0.137. The number of methoxy groups -OCH3 is 1. The minimum atomic E-state index is -4.37. The molecule has 0 saturated heterocycles. The molecule has 2 rings (SSSR count). The molecule has 1 aromatic carbocycles. The van der Waals surface area contributed by atoms with E-state index in [1.807, 2.05) is 39.0 Å². The molecule has 1 aromatic rings. The predicted molar refractivity (Wildman–Crippen MR) is 134 cm³/mol. The van der Waals surface area contributed by atoms with Crippen molar-refractivity contribution in [2.45, 2.75) is 38.6 Å². The van der Waals surface area contributed by atoms with Gasteiger partial charge in [0.05, 0.1) is 23.2 Å². The van der Waals surface area contributed by atoms with Gasteiger partial charge in [0.15, 0.2) is 0 Å². The van der Waals surface area contributed by atoms with Crippen LogP contribution in [-0.2, 0) is 22.1 Å². The Kier molecular flexibility index (Phi) is 18.6. The molecular formula is C24H34F3N3O2S. The first-order valence-electron chi connectivity index (χ1n) is 10.1. The fourth-order valence-corrected chi connectivity index (χ4v) is 3.27. The molecule has 0 radical (unpaired) electrons. The topological polar surface area (TPSA) is 88.5 Å². The molecular weight excluding hydrogens is 451 g/mol. The Morgan fingerprint density at radius 1 is 1.36 bits per heavy atom. The minimum absolute atomic E-state index is 0.226. The second kappa shape index (κ2) is 18.9. The molecule has 1 unspecified atom stereocenters. The molecule has 0 aromatic heterocycles. The van der Waals surface area contributed by atoms with Crippen LogP contribution in [0.15, 0.2) is 65.7 Å². The number of carbonyl (C=O) groups excluding carboxylic acids is 1. The largest absolute Gasteiger partial charge is 0.416 e. The van der Waals surface area contributed by atoms with Gasteiger partial charge in [0.2, 0.25) is 0 Å². The Labute approximate surface area is 199 Å². The molecule has 33 heavy (non-hydrogen) atoms. The first-order valence-corrected chi connectivity index (χ1v) is 11.2. The highest BCUT2D eigenvalue weighted by Crippen LogP contribution is 2.30. The zero-order chi connectivity index (χ0) is 25.9. The number of nitrogens with one attached hydrogen (secondary N) is 1. The van der Waals surface area contributed by atoms with E-state index in [0.717, 1.165) is 12.1 Å². The van der Waals surface area contributed by atoms with E-state index < -0.39 is 17.0 Å². The lowest BCUT2D eigenvalue weighted by Crippen LogP contribution is -2.30. The zero-order valence-electron chi connectivity index (χ0n) is 19.6. The third-order valence-corrected chi connectivity index (χ3v) is 5.00. The van der Waals surface area contributed by atoms with E-state index in [-0.39, 0.29) is 18.2 Å². The molecule has 1 aliphatic heterocycles. The smallest absolute Gasteiger partial charge is 0.386 e. The number of hydrogen-bond donors (Lipinski definition) is 2. The van der Waals surface area contributed by atoms with Crippen LogP contribution >= 0.6 is 11.8 Å². The van der Waals surface area contributed by atoms with E-state index in [1.54, 1.807) is 19.3 Å². The van der Waals surface area contributed by atoms with Gasteiger partial charge in [0, 0.05) is 7.11 Å². The monoisotopic (exact) mass is 485 g/mol. The average molecular weight is 486 g/mol. The number of nitrogens with zero attached hydrogens (tertiary/aromatic N) is 1. The number of alkyl halides is 3. The number of nitrogens with two attached hydrogens (primary N) is 1. The van der Waals surface area contributed by atoms with Gasteiger partial charge in [-0.2, -0.15) is 18.2 Å². The lowest BCUT2D eigenvalue weighted by Gasteiger charge is -2.18. The normalized spacial score (nSPS) is 15.7. The summed E-state index contributed by atoms with van der Waals surface area (Å²) >= 11 is 1.30. The van der Waals surface area contributed by atoms with Gasteiger partial charge in [0.1, 0.15) is 5.84 Å². The molecule has 1 atom stereocenters. The highest BCUT2D eigenvalue weighted by atomic mass is 32.2. The summed E-state index contributed by atoms with van der Waals surface area (Å²) in [5, 5.41) is 5.04. The first-order chi connectivity index (χ1) is 15.7. The maximum absolute atomic E-state index is 12.6. The number of amides is 1. The van der Waals surface area contributed by atoms with Gasteiger partial charge in [0.25, 0.3) is 5.91 Å². The van der Waals surface area contributed by atoms with Crippen LogP contribution in [0.4, 0.5) is 13.2 Å². The molecule has 1 aliphatic rings. The van der Waals surface area contributed by atoms with Crippen LogP contribution in [0.25, 0.3) is 0 Å². The van der Waals surface area contributed by atoms with Crippen LogP contribution in [-0.4, -0.2) is 43.2 Å². The summed E-state index contributed by atoms with van der Waals surface area (Å²) in [6.07, 6.45) is 3.50. The number of aliphatic imine (C=N–C) groups is 1. The second-order valence-corrected chi connectivity index (χ2v) is 7.23. The molecule has 0 fully saturated rings. The van der Waals surface area contributed by atoms with Crippen molar-refractivity contribution in [2.24, 2.45) is 10.7 Å². The van der Waals surface area contributed by atoms with Crippen molar-refractivity contribution in [1.82, 2.24) is 0 Å². The van der Waals surface area contributed by atoms with Crippen molar-refractivity contribution >= 4 is 30.2 Å². The lowest BCUT2D eigenvalue weighted by atomic mass is 10.1. The molecule has 0 spiro atoms. The van der Waals surface area contributed by atoms with Crippen LogP contribution in [0.1, 0.15) is 31.9 Å². The third-order valence-electron chi connectivity index (χ3n) is 3.77. The molecule has 0 saturated carbocycles. The number of halogens is 3. The maximum Gasteiger partial charge on any atom is 0.416 e. The summed E-state index contributed by atoms with van der Waals surface area (Å²) in [6.45, 7) is 12.7. The van der Waals surface area contributed by atoms with Gasteiger partial charge >= 0.3 is 6.18 Å². The molecule has 0 aliphatic carbocycles. The Morgan fingerprint density at radius 2 is 2.00 bits per heavy atom. The van der Waals surface area contributed by atoms with Crippen LogP contribution in [0.5, 0.6) is 0 Å². The van der Waals surface area contributed by atoms with E-state index in [1.165, 1.54) is 23.4 Å². The summed E-state index contributed by atoms with van der Waals surface area (Å²) < 4.78 is 42.6. The van der Waals surface area contributed by atoms with E-state index in [0.29, 0.717) is 17.9 Å². The van der Waals surface area contributed by atoms with Crippen molar-refractivity contribution in [2.75, 3.05) is 19.5 Å². The van der Waals surface area contributed by atoms with Crippen molar-refractivity contribution in [3.05, 3.63) is 71.8 Å². The fraction of sp³-hybridized carbons (Fsp3) is 0.375. The molecule has 1 amide bonds.